The van der Waals surface area contributed by atoms with Crippen molar-refractivity contribution in [3.63, 3.8) is 0 Å². The zero-order valence-electron chi connectivity index (χ0n) is 9.73. The third-order valence-corrected chi connectivity index (χ3v) is 3.71. The van der Waals surface area contributed by atoms with Gasteiger partial charge in [-0.25, -0.2) is 0 Å². The summed E-state index contributed by atoms with van der Waals surface area (Å²) in [7, 11) is 0. The number of phenols is 1. The van der Waals surface area contributed by atoms with Crippen LogP contribution >= 0.6 is 0 Å². The van der Waals surface area contributed by atoms with E-state index in [0.717, 1.165) is 0 Å². The third-order valence-electron chi connectivity index (χ3n) is 3.71. The topological polar surface area (TPSA) is 49.3 Å². The van der Waals surface area contributed by atoms with E-state index in [9.17, 15) is 9.90 Å². The Balaban J connectivity index is 1.71. The first kappa shape index (κ1) is 10.6. The maximum atomic E-state index is 12.1. The minimum atomic E-state index is -0.133. The van der Waals surface area contributed by atoms with Crippen molar-refractivity contribution in [1.82, 2.24) is 5.32 Å². The van der Waals surface area contributed by atoms with Crippen molar-refractivity contribution in [2.45, 2.75) is 31.7 Å². The van der Waals surface area contributed by atoms with Crippen molar-refractivity contribution in [2.24, 2.45) is 11.8 Å². The van der Waals surface area contributed by atoms with E-state index in [1.807, 2.05) is 0 Å². The second-order valence-electron chi connectivity index (χ2n) is 5.19. The van der Waals surface area contributed by atoms with Crippen LogP contribution in [-0.2, 0) is 0 Å². The molecule has 17 heavy (non-hydrogen) atoms. The molecular weight excluding hydrogens is 214 g/mol. The highest BCUT2D eigenvalue weighted by Crippen LogP contribution is 2.44. The van der Waals surface area contributed by atoms with E-state index in [4.69, 9.17) is 0 Å². The number of hydrogen-bond acceptors (Lipinski definition) is 2. The van der Waals surface area contributed by atoms with Gasteiger partial charge in [0.2, 0.25) is 0 Å². The molecule has 0 aliphatic heterocycles. The predicted molar refractivity (Wildman–Crippen MR) is 64.8 cm³/mol. The molecular formula is C14H17NO2. The van der Waals surface area contributed by atoms with Crippen LogP contribution in [0.1, 0.15) is 36.0 Å². The van der Waals surface area contributed by atoms with Gasteiger partial charge in [0.25, 0.3) is 5.91 Å². The summed E-state index contributed by atoms with van der Waals surface area (Å²) in [6.07, 6.45) is 4.95. The first-order valence-electron chi connectivity index (χ1n) is 6.34. The van der Waals surface area contributed by atoms with E-state index < -0.39 is 0 Å². The van der Waals surface area contributed by atoms with Gasteiger partial charge in [-0.05, 0) is 49.7 Å². The lowest BCUT2D eigenvalue weighted by molar-refractivity contribution is 0.0923. The van der Waals surface area contributed by atoms with Crippen molar-refractivity contribution < 1.29 is 9.90 Å². The largest absolute Gasteiger partial charge is 0.507 e. The molecule has 0 saturated heterocycles. The molecule has 0 heterocycles. The number of carbonyl (C=O) groups excluding carboxylic acids is 1. The molecule has 2 aliphatic carbocycles. The average Bonchev–Trinajstić information content (AvgIpc) is 3.16. The second kappa shape index (κ2) is 4.06. The van der Waals surface area contributed by atoms with Gasteiger partial charge in [-0.1, -0.05) is 12.1 Å². The predicted octanol–water partition coefficient (Wildman–Crippen LogP) is 2.31. The van der Waals surface area contributed by atoms with Gasteiger partial charge in [0.1, 0.15) is 5.75 Å². The average molecular weight is 231 g/mol. The summed E-state index contributed by atoms with van der Waals surface area (Å²) < 4.78 is 0. The zero-order valence-corrected chi connectivity index (χ0v) is 9.73. The van der Waals surface area contributed by atoms with Crippen molar-refractivity contribution in [3.05, 3.63) is 29.8 Å². The van der Waals surface area contributed by atoms with Crippen LogP contribution in [0.25, 0.3) is 0 Å². The van der Waals surface area contributed by atoms with E-state index in [0.29, 0.717) is 23.4 Å². The van der Waals surface area contributed by atoms with Crippen molar-refractivity contribution in [3.8, 4) is 5.75 Å². The summed E-state index contributed by atoms with van der Waals surface area (Å²) in [5.41, 5.74) is 0.388. The standard InChI is InChI=1S/C14H17NO2/c16-12-4-2-1-3-11(12)14(17)15-13(9-5-6-9)10-7-8-10/h1-4,9-10,13,16H,5-8H2,(H,15,17). The van der Waals surface area contributed by atoms with E-state index in [-0.39, 0.29) is 11.7 Å². The molecule has 0 unspecified atom stereocenters. The van der Waals surface area contributed by atoms with Gasteiger partial charge in [-0.2, -0.15) is 0 Å². The number of hydrogen-bond donors (Lipinski definition) is 2. The molecule has 2 saturated carbocycles. The summed E-state index contributed by atoms with van der Waals surface area (Å²) >= 11 is 0. The van der Waals surface area contributed by atoms with Gasteiger partial charge in [-0.15, -0.1) is 0 Å². The van der Waals surface area contributed by atoms with Crippen LogP contribution in [-0.4, -0.2) is 17.1 Å². The maximum Gasteiger partial charge on any atom is 0.255 e. The quantitative estimate of drug-likeness (QED) is 0.835. The Morgan fingerprint density at radius 1 is 1.18 bits per heavy atom. The van der Waals surface area contributed by atoms with Gasteiger partial charge in [0.15, 0.2) is 0 Å². The van der Waals surface area contributed by atoms with E-state index >= 15 is 0 Å². The Hall–Kier alpha value is -1.51. The Kier molecular flexibility index (Phi) is 2.54. The van der Waals surface area contributed by atoms with Crippen molar-refractivity contribution in [1.29, 1.82) is 0 Å². The summed E-state index contributed by atoms with van der Waals surface area (Å²) in [6.45, 7) is 0. The number of benzene rings is 1. The Morgan fingerprint density at radius 2 is 1.76 bits per heavy atom. The number of carbonyl (C=O) groups is 1. The number of amides is 1. The van der Waals surface area contributed by atoms with E-state index in [1.165, 1.54) is 25.7 Å². The number of aromatic hydroxyl groups is 1. The minimum absolute atomic E-state index is 0.0651. The van der Waals surface area contributed by atoms with Crippen LogP contribution in [0.4, 0.5) is 0 Å². The molecule has 1 aromatic carbocycles. The van der Waals surface area contributed by atoms with E-state index in [1.54, 1.807) is 24.3 Å². The lowest BCUT2D eigenvalue weighted by atomic mass is 10.1. The number of nitrogens with one attached hydrogen (secondary N) is 1. The lowest BCUT2D eigenvalue weighted by Gasteiger charge is -2.17. The monoisotopic (exact) mass is 231 g/mol. The fraction of sp³-hybridized carbons (Fsp3) is 0.500. The van der Waals surface area contributed by atoms with Gasteiger partial charge < -0.3 is 10.4 Å². The molecule has 0 bridgehead atoms. The molecule has 2 fully saturated rings. The minimum Gasteiger partial charge on any atom is -0.507 e. The van der Waals surface area contributed by atoms with Crippen molar-refractivity contribution in [2.75, 3.05) is 0 Å². The fourth-order valence-electron chi connectivity index (χ4n) is 2.43. The first-order valence-corrected chi connectivity index (χ1v) is 6.34. The molecule has 3 nitrogen and oxygen atoms in total. The van der Waals surface area contributed by atoms with Crippen LogP contribution in [0.5, 0.6) is 5.75 Å². The molecule has 1 aromatic rings. The number of para-hydroxylation sites is 1. The van der Waals surface area contributed by atoms with Crippen LogP contribution < -0.4 is 5.32 Å². The lowest BCUT2D eigenvalue weighted by Crippen LogP contribution is -2.38. The molecule has 90 valence electrons. The highest BCUT2D eigenvalue weighted by atomic mass is 16.3. The molecule has 2 aliphatic rings. The third kappa shape index (κ3) is 2.28. The molecule has 0 spiro atoms. The Bertz CT molecular complexity index is 424. The Morgan fingerprint density at radius 3 is 2.29 bits per heavy atom. The van der Waals surface area contributed by atoms with Gasteiger partial charge in [0, 0.05) is 6.04 Å². The zero-order chi connectivity index (χ0) is 11.8. The summed E-state index contributed by atoms with van der Waals surface area (Å²) in [4.78, 5) is 12.1. The molecule has 0 radical (unpaired) electrons. The maximum absolute atomic E-state index is 12.1. The van der Waals surface area contributed by atoms with Crippen molar-refractivity contribution >= 4 is 5.91 Å². The molecule has 0 atom stereocenters. The molecule has 2 N–H and O–H groups in total. The molecule has 1 amide bonds. The highest BCUT2D eigenvalue weighted by molar-refractivity contribution is 5.97. The van der Waals surface area contributed by atoms with Gasteiger partial charge in [0.05, 0.1) is 5.56 Å². The van der Waals surface area contributed by atoms with Gasteiger partial charge in [-0.3, -0.25) is 4.79 Å². The fourth-order valence-corrected chi connectivity index (χ4v) is 2.43. The van der Waals surface area contributed by atoms with Crippen LogP contribution in [0.2, 0.25) is 0 Å². The van der Waals surface area contributed by atoms with Gasteiger partial charge >= 0.3 is 0 Å². The summed E-state index contributed by atoms with van der Waals surface area (Å²) in [5.74, 6) is 1.29. The normalized spacial score (nSPS) is 19.4. The highest BCUT2D eigenvalue weighted by Gasteiger charge is 2.42. The second-order valence-corrected chi connectivity index (χ2v) is 5.19. The number of phenolic OH excluding ortho intramolecular Hbond substituents is 1. The summed E-state index contributed by atoms with van der Waals surface area (Å²) in [6, 6.07) is 7.06. The van der Waals surface area contributed by atoms with Crippen LogP contribution in [0, 0.1) is 11.8 Å². The molecule has 3 rings (SSSR count). The SMILES string of the molecule is O=C(NC(C1CC1)C1CC1)c1ccccc1O. The van der Waals surface area contributed by atoms with Crippen LogP contribution in [0.3, 0.4) is 0 Å². The number of rotatable bonds is 4. The summed E-state index contributed by atoms with van der Waals surface area (Å²) in [5, 5.41) is 12.7. The van der Waals surface area contributed by atoms with E-state index in [2.05, 4.69) is 5.32 Å². The van der Waals surface area contributed by atoms with Crippen LogP contribution in [0.15, 0.2) is 24.3 Å². The Labute approximate surface area is 101 Å². The first-order chi connectivity index (χ1) is 8.25. The smallest absolute Gasteiger partial charge is 0.255 e. The molecule has 3 heteroatoms. The molecule has 0 aromatic heterocycles.